The van der Waals surface area contributed by atoms with Gasteiger partial charge in [0.05, 0.1) is 6.54 Å². The van der Waals surface area contributed by atoms with Crippen LogP contribution in [0.1, 0.15) is 18.3 Å². The number of hydrogen-bond donors (Lipinski definition) is 1. The highest BCUT2D eigenvalue weighted by Crippen LogP contribution is 2.18. The molecule has 0 aliphatic carbocycles. The lowest BCUT2D eigenvalue weighted by Gasteiger charge is -2.09. The molecule has 2 aromatic heterocycles. The lowest BCUT2D eigenvalue weighted by atomic mass is 10.3. The summed E-state index contributed by atoms with van der Waals surface area (Å²) in [6.45, 7) is 1.85. The Bertz CT molecular complexity index is 668. The van der Waals surface area contributed by atoms with Gasteiger partial charge in [-0.05, 0) is 11.6 Å². The molecule has 2 heterocycles. The highest BCUT2D eigenvalue weighted by Gasteiger charge is 2.39. The molecule has 118 valence electrons. The van der Waals surface area contributed by atoms with E-state index in [0.717, 1.165) is 0 Å². The molecule has 0 radical (unpaired) electrons. The molecule has 10 heteroatoms. The zero-order valence-electron chi connectivity index (χ0n) is 11.4. The van der Waals surface area contributed by atoms with Crippen molar-refractivity contribution in [3.63, 3.8) is 0 Å². The van der Waals surface area contributed by atoms with Gasteiger partial charge in [0, 0.05) is 12.6 Å². The second kappa shape index (κ2) is 6.30. The molecule has 0 atom stereocenters. The molecule has 0 fully saturated rings. The Morgan fingerprint density at radius 1 is 1.41 bits per heavy atom. The molecule has 1 amide bonds. The summed E-state index contributed by atoms with van der Waals surface area (Å²) >= 11 is 5.66. The van der Waals surface area contributed by atoms with E-state index >= 15 is 0 Å². The Labute approximate surface area is 128 Å². The number of aromatic nitrogens is 4. The Kier molecular flexibility index (Phi) is 4.65. The lowest BCUT2D eigenvalue weighted by Crippen LogP contribution is -2.31. The SMILES string of the molecule is CCc1nc(NC(=O)C(F)(F)F)n(Cc2ccc(Cl)nc2)n1. The fourth-order valence-electron chi connectivity index (χ4n) is 1.59. The number of anilines is 1. The zero-order valence-corrected chi connectivity index (χ0v) is 12.1. The van der Waals surface area contributed by atoms with Gasteiger partial charge in [0.2, 0.25) is 5.95 Å². The molecule has 0 saturated heterocycles. The number of nitrogens with zero attached hydrogens (tertiary/aromatic N) is 4. The van der Waals surface area contributed by atoms with E-state index in [-0.39, 0.29) is 12.5 Å². The molecular formula is C12H11ClF3N5O. The van der Waals surface area contributed by atoms with Gasteiger partial charge in [-0.15, -0.1) is 0 Å². The first-order chi connectivity index (χ1) is 10.3. The fourth-order valence-corrected chi connectivity index (χ4v) is 1.70. The molecule has 0 unspecified atom stereocenters. The maximum Gasteiger partial charge on any atom is 0.471 e. The number of alkyl halides is 3. The molecular weight excluding hydrogens is 323 g/mol. The molecule has 0 bridgehead atoms. The van der Waals surface area contributed by atoms with Crippen LogP contribution in [0.4, 0.5) is 19.1 Å². The number of aryl methyl sites for hydroxylation is 1. The van der Waals surface area contributed by atoms with E-state index in [4.69, 9.17) is 11.6 Å². The quantitative estimate of drug-likeness (QED) is 0.872. The first-order valence-electron chi connectivity index (χ1n) is 6.22. The highest BCUT2D eigenvalue weighted by molar-refractivity contribution is 6.29. The van der Waals surface area contributed by atoms with Crippen molar-refractivity contribution in [2.75, 3.05) is 5.32 Å². The van der Waals surface area contributed by atoms with Crippen molar-refractivity contribution in [1.29, 1.82) is 0 Å². The summed E-state index contributed by atoms with van der Waals surface area (Å²) in [6.07, 6.45) is -3.11. The van der Waals surface area contributed by atoms with Crippen molar-refractivity contribution in [2.45, 2.75) is 26.1 Å². The van der Waals surface area contributed by atoms with Gasteiger partial charge in [-0.2, -0.15) is 23.3 Å². The average molecular weight is 334 g/mol. The molecule has 22 heavy (non-hydrogen) atoms. The molecule has 6 nitrogen and oxygen atoms in total. The number of pyridine rings is 1. The number of hydrogen-bond acceptors (Lipinski definition) is 4. The topological polar surface area (TPSA) is 72.7 Å². The van der Waals surface area contributed by atoms with Crippen LogP contribution in [0.5, 0.6) is 0 Å². The summed E-state index contributed by atoms with van der Waals surface area (Å²) in [5.74, 6) is -2.05. The van der Waals surface area contributed by atoms with Crippen LogP contribution in [-0.2, 0) is 17.8 Å². The van der Waals surface area contributed by atoms with Gasteiger partial charge in [0.15, 0.2) is 5.82 Å². The van der Waals surface area contributed by atoms with Crippen molar-refractivity contribution >= 4 is 23.5 Å². The molecule has 2 aromatic rings. The van der Waals surface area contributed by atoms with Crippen LogP contribution in [0.3, 0.4) is 0 Å². The van der Waals surface area contributed by atoms with E-state index < -0.39 is 12.1 Å². The Morgan fingerprint density at radius 2 is 2.14 bits per heavy atom. The summed E-state index contributed by atoms with van der Waals surface area (Å²) in [6, 6.07) is 3.19. The highest BCUT2D eigenvalue weighted by atomic mass is 35.5. The Balaban J connectivity index is 2.24. The predicted molar refractivity (Wildman–Crippen MR) is 72.4 cm³/mol. The first-order valence-corrected chi connectivity index (χ1v) is 6.59. The second-order valence-electron chi connectivity index (χ2n) is 4.30. The van der Waals surface area contributed by atoms with E-state index in [0.29, 0.717) is 23.0 Å². The number of carbonyl (C=O) groups excluding carboxylic acids is 1. The van der Waals surface area contributed by atoms with Gasteiger partial charge in [0.25, 0.3) is 0 Å². The number of rotatable bonds is 4. The van der Waals surface area contributed by atoms with Gasteiger partial charge in [0.1, 0.15) is 5.15 Å². The van der Waals surface area contributed by atoms with Gasteiger partial charge in [-0.1, -0.05) is 24.6 Å². The zero-order chi connectivity index (χ0) is 16.3. The first kappa shape index (κ1) is 16.2. The fraction of sp³-hybridized carbons (Fsp3) is 0.333. The number of carbonyl (C=O) groups is 1. The van der Waals surface area contributed by atoms with Gasteiger partial charge in [-0.25, -0.2) is 9.67 Å². The van der Waals surface area contributed by atoms with E-state index in [1.807, 2.05) is 0 Å². The minimum Gasteiger partial charge on any atom is -0.287 e. The minimum absolute atomic E-state index is 0.102. The lowest BCUT2D eigenvalue weighted by molar-refractivity contribution is -0.167. The normalized spacial score (nSPS) is 11.5. The van der Waals surface area contributed by atoms with Crippen molar-refractivity contribution < 1.29 is 18.0 Å². The third-order valence-electron chi connectivity index (χ3n) is 2.64. The Morgan fingerprint density at radius 3 is 2.68 bits per heavy atom. The van der Waals surface area contributed by atoms with Crippen LogP contribution in [-0.4, -0.2) is 31.8 Å². The Hall–Kier alpha value is -2.16. The van der Waals surface area contributed by atoms with Crippen LogP contribution in [0, 0.1) is 0 Å². The predicted octanol–water partition coefficient (Wildman–Crippen LogP) is 2.44. The molecule has 0 aromatic carbocycles. The summed E-state index contributed by atoms with van der Waals surface area (Å²) in [4.78, 5) is 18.8. The van der Waals surface area contributed by atoms with E-state index in [2.05, 4.69) is 15.1 Å². The van der Waals surface area contributed by atoms with Crippen LogP contribution in [0.2, 0.25) is 5.15 Å². The van der Waals surface area contributed by atoms with Crippen LogP contribution in [0.15, 0.2) is 18.3 Å². The summed E-state index contributed by atoms with van der Waals surface area (Å²) < 4.78 is 38.2. The van der Waals surface area contributed by atoms with Crippen LogP contribution < -0.4 is 5.32 Å². The smallest absolute Gasteiger partial charge is 0.287 e. The van der Waals surface area contributed by atoms with Gasteiger partial charge < -0.3 is 0 Å². The van der Waals surface area contributed by atoms with Crippen LogP contribution >= 0.6 is 11.6 Å². The van der Waals surface area contributed by atoms with Gasteiger partial charge in [-0.3, -0.25) is 10.1 Å². The molecule has 0 aliphatic rings. The second-order valence-corrected chi connectivity index (χ2v) is 4.69. The largest absolute Gasteiger partial charge is 0.471 e. The summed E-state index contributed by atoms with van der Waals surface area (Å²) in [5, 5.41) is 6.05. The summed E-state index contributed by atoms with van der Waals surface area (Å²) in [5.41, 5.74) is 0.652. The monoisotopic (exact) mass is 333 g/mol. The molecule has 0 saturated carbocycles. The van der Waals surface area contributed by atoms with E-state index in [1.54, 1.807) is 24.4 Å². The van der Waals surface area contributed by atoms with Crippen molar-refractivity contribution in [3.8, 4) is 0 Å². The molecule has 1 N–H and O–H groups in total. The van der Waals surface area contributed by atoms with E-state index in [1.165, 1.54) is 10.9 Å². The van der Waals surface area contributed by atoms with Crippen LogP contribution in [0.25, 0.3) is 0 Å². The van der Waals surface area contributed by atoms with Gasteiger partial charge >= 0.3 is 12.1 Å². The third kappa shape index (κ3) is 3.94. The molecule has 0 aliphatic heterocycles. The maximum absolute atomic E-state index is 12.3. The number of amides is 1. The minimum atomic E-state index is -5.00. The molecule has 0 spiro atoms. The number of nitrogens with one attached hydrogen (secondary N) is 1. The average Bonchev–Trinajstić information content (AvgIpc) is 2.82. The maximum atomic E-state index is 12.3. The van der Waals surface area contributed by atoms with Crippen molar-refractivity contribution in [2.24, 2.45) is 0 Å². The number of halogens is 4. The molecule has 2 rings (SSSR count). The standard InChI is InChI=1S/C12H11ClF3N5O/c1-2-9-18-11(19-10(22)12(14,15)16)21(20-9)6-7-3-4-8(13)17-5-7/h3-5H,2,6H2,1H3,(H,18,19,20,22). The van der Waals surface area contributed by atoms with Crippen molar-refractivity contribution in [1.82, 2.24) is 19.7 Å². The van der Waals surface area contributed by atoms with E-state index in [9.17, 15) is 18.0 Å². The van der Waals surface area contributed by atoms with Crippen molar-refractivity contribution in [3.05, 3.63) is 34.9 Å². The summed E-state index contributed by atoms with van der Waals surface area (Å²) in [7, 11) is 0. The third-order valence-corrected chi connectivity index (χ3v) is 2.86.